The molecule has 1 aliphatic heterocycles. The molecule has 1 aliphatic carbocycles. The monoisotopic (exact) mass is 289 g/mol. The minimum absolute atomic E-state index is 0.468. The lowest BCUT2D eigenvalue weighted by Gasteiger charge is -2.42. The van der Waals surface area contributed by atoms with E-state index in [1.165, 1.54) is 31.4 Å². The van der Waals surface area contributed by atoms with Crippen molar-refractivity contribution in [2.75, 3.05) is 43.9 Å². The molecule has 2 unspecified atom stereocenters. The second-order valence-corrected chi connectivity index (χ2v) is 6.30. The summed E-state index contributed by atoms with van der Waals surface area (Å²) in [6.45, 7) is 4.49. The quantitative estimate of drug-likeness (QED) is 0.867. The third kappa shape index (κ3) is 3.50. The highest BCUT2D eigenvalue weighted by Crippen LogP contribution is 2.27. The molecule has 0 amide bonds. The van der Waals surface area contributed by atoms with Crippen LogP contribution in [0.2, 0.25) is 0 Å². The van der Waals surface area contributed by atoms with Gasteiger partial charge in [0.15, 0.2) is 0 Å². The van der Waals surface area contributed by atoms with Gasteiger partial charge in [-0.1, -0.05) is 6.07 Å². The molecule has 0 radical (unpaired) electrons. The Labute approximate surface area is 127 Å². The van der Waals surface area contributed by atoms with E-state index in [2.05, 4.69) is 21.9 Å². The Kier molecular flexibility index (Phi) is 4.66. The van der Waals surface area contributed by atoms with Crippen LogP contribution in [0.4, 0.5) is 11.4 Å². The Bertz CT molecular complexity index is 457. The van der Waals surface area contributed by atoms with Crippen LogP contribution < -0.4 is 10.6 Å². The van der Waals surface area contributed by atoms with Crippen LogP contribution in [0.15, 0.2) is 24.3 Å². The maximum Gasteiger partial charge on any atom is 0.0586 e. The van der Waals surface area contributed by atoms with Crippen LogP contribution in [-0.4, -0.2) is 50.3 Å². The Morgan fingerprint density at radius 2 is 1.95 bits per heavy atom. The van der Waals surface area contributed by atoms with E-state index in [1.807, 2.05) is 19.2 Å². The molecule has 21 heavy (non-hydrogen) atoms. The fourth-order valence-corrected chi connectivity index (χ4v) is 3.73. The molecule has 116 valence electrons. The number of ether oxygens (including phenoxy) is 1. The molecule has 2 aliphatic rings. The molecule has 1 saturated carbocycles. The molecular formula is C17H27N3O. The summed E-state index contributed by atoms with van der Waals surface area (Å²) in [6, 6.07) is 8.95. The van der Waals surface area contributed by atoms with Crippen LogP contribution in [0, 0.1) is 0 Å². The fraction of sp³-hybridized carbons (Fsp3) is 0.647. The molecule has 1 aromatic carbocycles. The number of hydrogen-bond acceptors (Lipinski definition) is 4. The van der Waals surface area contributed by atoms with Gasteiger partial charge in [-0.25, -0.2) is 0 Å². The molecular weight excluding hydrogens is 262 g/mol. The maximum atomic E-state index is 5.89. The number of rotatable bonds is 3. The van der Waals surface area contributed by atoms with Gasteiger partial charge in [0.25, 0.3) is 0 Å². The summed E-state index contributed by atoms with van der Waals surface area (Å²) < 4.78 is 5.56. The predicted molar refractivity (Wildman–Crippen MR) is 87.7 cm³/mol. The lowest BCUT2D eigenvalue weighted by Crippen LogP contribution is -2.52. The van der Waals surface area contributed by atoms with E-state index >= 15 is 0 Å². The first-order valence-corrected chi connectivity index (χ1v) is 8.13. The number of hydrogen-bond donors (Lipinski definition) is 1. The van der Waals surface area contributed by atoms with E-state index in [9.17, 15) is 0 Å². The van der Waals surface area contributed by atoms with Gasteiger partial charge >= 0.3 is 0 Å². The Hall–Kier alpha value is -1.26. The Morgan fingerprint density at radius 3 is 2.67 bits per heavy atom. The van der Waals surface area contributed by atoms with Crippen molar-refractivity contribution >= 4 is 11.4 Å². The topological polar surface area (TPSA) is 41.7 Å². The minimum atomic E-state index is 0.468. The minimum Gasteiger partial charge on any atom is -0.399 e. The summed E-state index contributed by atoms with van der Waals surface area (Å²) in [6.07, 6.45) is 5.54. The lowest BCUT2D eigenvalue weighted by molar-refractivity contribution is 0.0264. The average molecular weight is 289 g/mol. The summed E-state index contributed by atoms with van der Waals surface area (Å²) in [5, 5.41) is 0. The largest absolute Gasteiger partial charge is 0.399 e. The molecule has 4 heteroatoms. The van der Waals surface area contributed by atoms with Crippen molar-refractivity contribution in [3.8, 4) is 0 Å². The lowest BCUT2D eigenvalue weighted by atomic mass is 9.91. The number of nitrogens with two attached hydrogens (primary N) is 1. The first-order chi connectivity index (χ1) is 10.3. The second kappa shape index (κ2) is 6.67. The van der Waals surface area contributed by atoms with Crippen LogP contribution >= 0.6 is 0 Å². The van der Waals surface area contributed by atoms with Crippen molar-refractivity contribution in [2.24, 2.45) is 0 Å². The first kappa shape index (κ1) is 14.7. The number of piperazine rings is 1. The summed E-state index contributed by atoms with van der Waals surface area (Å²) in [5.74, 6) is 0. The molecule has 0 bridgehead atoms. The smallest absolute Gasteiger partial charge is 0.0586 e. The molecule has 1 saturated heterocycles. The zero-order valence-electron chi connectivity index (χ0n) is 13.0. The van der Waals surface area contributed by atoms with E-state index in [4.69, 9.17) is 10.5 Å². The molecule has 2 fully saturated rings. The van der Waals surface area contributed by atoms with Crippen molar-refractivity contribution in [2.45, 2.75) is 37.8 Å². The van der Waals surface area contributed by atoms with Crippen LogP contribution in [0.1, 0.15) is 25.7 Å². The van der Waals surface area contributed by atoms with Gasteiger partial charge in [-0.2, -0.15) is 0 Å². The van der Waals surface area contributed by atoms with Gasteiger partial charge in [0, 0.05) is 50.7 Å². The normalized spacial score (nSPS) is 27.8. The van der Waals surface area contributed by atoms with E-state index in [1.54, 1.807) is 0 Å². The van der Waals surface area contributed by atoms with Crippen molar-refractivity contribution < 1.29 is 4.74 Å². The van der Waals surface area contributed by atoms with Crippen molar-refractivity contribution in [3.05, 3.63) is 24.3 Å². The predicted octanol–water partition coefficient (Wildman–Crippen LogP) is 2.35. The molecule has 1 aromatic rings. The number of anilines is 2. The van der Waals surface area contributed by atoms with Gasteiger partial charge < -0.3 is 15.4 Å². The van der Waals surface area contributed by atoms with Gasteiger partial charge in [0.2, 0.25) is 0 Å². The SMILES string of the molecule is COC1CCCC(N2CCN(c3cccc(N)c3)CC2)C1. The van der Waals surface area contributed by atoms with Crippen molar-refractivity contribution in [1.82, 2.24) is 4.90 Å². The van der Waals surface area contributed by atoms with Crippen LogP contribution in [0.3, 0.4) is 0 Å². The summed E-state index contributed by atoms with van der Waals surface area (Å²) >= 11 is 0. The van der Waals surface area contributed by atoms with Crippen LogP contribution in [0.5, 0.6) is 0 Å². The Balaban J connectivity index is 1.55. The zero-order chi connectivity index (χ0) is 14.7. The highest BCUT2D eigenvalue weighted by molar-refractivity contribution is 5.56. The zero-order valence-corrected chi connectivity index (χ0v) is 13.0. The molecule has 0 aromatic heterocycles. The first-order valence-electron chi connectivity index (χ1n) is 8.13. The van der Waals surface area contributed by atoms with Gasteiger partial charge in [0.05, 0.1) is 6.10 Å². The van der Waals surface area contributed by atoms with Crippen LogP contribution in [-0.2, 0) is 4.74 Å². The van der Waals surface area contributed by atoms with Gasteiger partial charge in [-0.05, 0) is 43.9 Å². The summed E-state index contributed by atoms with van der Waals surface area (Å²) in [7, 11) is 1.85. The summed E-state index contributed by atoms with van der Waals surface area (Å²) in [5.41, 5.74) is 8.00. The third-order valence-corrected chi connectivity index (χ3v) is 5.00. The number of benzene rings is 1. The highest BCUT2D eigenvalue weighted by Gasteiger charge is 2.29. The number of nitrogen functional groups attached to an aromatic ring is 1. The van der Waals surface area contributed by atoms with E-state index < -0.39 is 0 Å². The molecule has 3 rings (SSSR count). The molecule has 4 nitrogen and oxygen atoms in total. The molecule has 1 heterocycles. The maximum absolute atomic E-state index is 5.89. The van der Waals surface area contributed by atoms with Gasteiger partial charge in [0.1, 0.15) is 0 Å². The van der Waals surface area contributed by atoms with Gasteiger partial charge in [-0.15, -0.1) is 0 Å². The molecule has 0 spiro atoms. The second-order valence-electron chi connectivity index (χ2n) is 6.30. The Morgan fingerprint density at radius 1 is 1.14 bits per heavy atom. The van der Waals surface area contributed by atoms with Gasteiger partial charge in [-0.3, -0.25) is 4.90 Å². The van der Waals surface area contributed by atoms with Crippen molar-refractivity contribution in [3.63, 3.8) is 0 Å². The van der Waals surface area contributed by atoms with E-state index in [-0.39, 0.29) is 0 Å². The van der Waals surface area contributed by atoms with Crippen LogP contribution in [0.25, 0.3) is 0 Å². The fourth-order valence-electron chi connectivity index (χ4n) is 3.73. The van der Waals surface area contributed by atoms with E-state index in [0.29, 0.717) is 12.1 Å². The molecule has 2 N–H and O–H groups in total. The highest BCUT2D eigenvalue weighted by atomic mass is 16.5. The number of methoxy groups -OCH3 is 1. The summed E-state index contributed by atoms with van der Waals surface area (Å²) in [4.78, 5) is 5.11. The standard InChI is InChI=1S/C17H27N3O/c1-21-17-7-3-6-16(13-17)20-10-8-19(9-11-20)15-5-2-4-14(18)12-15/h2,4-5,12,16-17H,3,6-11,13,18H2,1H3. The third-order valence-electron chi connectivity index (χ3n) is 5.00. The number of nitrogens with zero attached hydrogens (tertiary/aromatic N) is 2. The van der Waals surface area contributed by atoms with E-state index in [0.717, 1.165) is 31.9 Å². The average Bonchev–Trinajstić information content (AvgIpc) is 2.55. The molecule has 2 atom stereocenters. The van der Waals surface area contributed by atoms with Crippen molar-refractivity contribution in [1.29, 1.82) is 0 Å².